The lowest BCUT2D eigenvalue weighted by molar-refractivity contribution is -0.127. The second-order valence-corrected chi connectivity index (χ2v) is 8.35. The normalized spacial score (nSPS) is 20.2. The van der Waals surface area contributed by atoms with Crippen molar-refractivity contribution in [2.75, 3.05) is 26.2 Å². The van der Waals surface area contributed by atoms with E-state index in [4.69, 9.17) is 9.47 Å². The highest BCUT2D eigenvalue weighted by molar-refractivity contribution is 5.78. The fraction of sp³-hybridized carbons (Fsp3) is 0.480. The number of nitrogens with zero attached hydrogens (tertiary/aromatic N) is 1. The number of amides is 1. The van der Waals surface area contributed by atoms with E-state index in [1.165, 1.54) is 11.1 Å². The fourth-order valence-electron chi connectivity index (χ4n) is 4.25. The number of hydrogen-bond acceptors (Lipinski definition) is 4. The molecule has 1 atom stereocenters. The molecular formula is C25H32N2O3. The maximum absolute atomic E-state index is 12.5. The van der Waals surface area contributed by atoms with Crippen LogP contribution in [0.1, 0.15) is 36.8 Å². The van der Waals surface area contributed by atoms with Gasteiger partial charge in [-0.1, -0.05) is 42.5 Å². The highest BCUT2D eigenvalue weighted by Crippen LogP contribution is 2.22. The molecule has 1 N–H and O–H groups in total. The van der Waals surface area contributed by atoms with E-state index < -0.39 is 0 Å². The Hall–Kier alpha value is -2.37. The topological polar surface area (TPSA) is 50.8 Å². The van der Waals surface area contributed by atoms with E-state index in [9.17, 15) is 4.79 Å². The molecule has 4 rings (SSSR count). The summed E-state index contributed by atoms with van der Waals surface area (Å²) in [6.07, 6.45) is 4.22. The lowest BCUT2D eigenvalue weighted by Gasteiger charge is -2.31. The van der Waals surface area contributed by atoms with Gasteiger partial charge in [-0.2, -0.15) is 0 Å². The Kier molecular flexibility index (Phi) is 7.38. The Morgan fingerprint density at radius 3 is 2.60 bits per heavy atom. The van der Waals surface area contributed by atoms with Crippen molar-refractivity contribution in [3.05, 3.63) is 65.7 Å². The molecule has 0 saturated carbocycles. The molecule has 0 radical (unpaired) electrons. The summed E-state index contributed by atoms with van der Waals surface area (Å²) in [6.45, 7) is 4.87. The molecular weight excluding hydrogens is 376 g/mol. The second kappa shape index (κ2) is 10.6. The molecule has 30 heavy (non-hydrogen) atoms. The molecule has 2 fully saturated rings. The number of carbonyl (C=O) groups is 1. The highest BCUT2D eigenvalue weighted by Gasteiger charge is 2.26. The summed E-state index contributed by atoms with van der Waals surface area (Å²) in [7, 11) is 0. The number of carbonyl (C=O) groups excluding carboxylic acids is 1. The fourth-order valence-corrected chi connectivity index (χ4v) is 4.25. The summed E-state index contributed by atoms with van der Waals surface area (Å²) in [5, 5.41) is 3.09. The lowest BCUT2D eigenvalue weighted by Crippen LogP contribution is -2.42. The zero-order chi connectivity index (χ0) is 20.6. The van der Waals surface area contributed by atoms with Crippen LogP contribution in [0, 0.1) is 5.92 Å². The third-order valence-corrected chi connectivity index (χ3v) is 6.04. The van der Waals surface area contributed by atoms with Gasteiger partial charge < -0.3 is 14.8 Å². The van der Waals surface area contributed by atoms with E-state index in [1.54, 1.807) is 0 Å². The van der Waals surface area contributed by atoms with Crippen LogP contribution < -0.4 is 10.1 Å². The number of ether oxygens (including phenoxy) is 2. The molecule has 0 bridgehead atoms. The second-order valence-electron chi connectivity index (χ2n) is 8.35. The minimum atomic E-state index is 0.128. The molecule has 2 saturated heterocycles. The molecule has 5 heteroatoms. The van der Waals surface area contributed by atoms with Crippen LogP contribution in [-0.4, -0.2) is 43.2 Å². The molecule has 1 amide bonds. The number of hydrogen-bond donors (Lipinski definition) is 1. The van der Waals surface area contributed by atoms with Gasteiger partial charge in [-0.3, -0.25) is 9.69 Å². The highest BCUT2D eigenvalue weighted by atomic mass is 16.5. The molecule has 5 nitrogen and oxygen atoms in total. The number of benzene rings is 2. The van der Waals surface area contributed by atoms with Crippen molar-refractivity contribution in [3.63, 3.8) is 0 Å². The molecule has 2 aliphatic rings. The Bertz CT molecular complexity index is 797. The molecule has 0 unspecified atom stereocenters. The average molecular weight is 409 g/mol. The van der Waals surface area contributed by atoms with Crippen LogP contribution in [0.25, 0.3) is 0 Å². The summed E-state index contributed by atoms with van der Waals surface area (Å²) >= 11 is 0. The van der Waals surface area contributed by atoms with Gasteiger partial charge in [0.25, 0.3) is 0 Å². The number of likely N-dealkylation sites (tertiary alicyclic amines) is 1. The molecule has 0 spiro atoms. The predicted molar refractivity (Wildman–Crippen MR) is 117 cm³/mol. The largest absolute Gasteiger partial charge is 0.489 e. The number of piperidine rings is 1. The first-order valence-electron chi connectivity index (χ1n) is 11.1. The molecule has 2 aromatic carbocycles. The van der Waals surface area contributed by atoms with Gasteiger partial charge in [0.1, 0.15) is 12.4 Å². The molecule has 2 heterocycles. The Morgan fingerprint density at radius 2 is 1.83 bits per heavy atom. The van der Waals surface area contributed by atoms with Crippen LogP contribution in [0.15, 0.2) is 54.6 Å². The smallest absolute Gasteiger partial charge is 0.223 e. The van der Waals surface area contributed by atoms with Crippen LogP contribution in [0.4, 0.5) is 0 Å². The van der Waals surface area contributed by atoms with Crippen LogP contribution in [0.3, 0.4) is 0 Å². The standard InChI is InChI=1S/C25H32N2O3/c28-25(26-17-24-10-5-15-29-24)22-11-13-27(14-12-22)18-21-8-4-9-23(16-21)30-19-20-6-2-1-3-7-20/h1-4,6-9,16,22,24H,5,10-15,17-19H2,(H,26,28)/t24-/m1/s1. The van der Waals surface area contributed by atoms with Crippen LogP contribution in [0.5, 0.6) is 5.75 Å². The summed E-state index contributed by atoms with van der Waals surface area (Å²) in [4.78, 5) is 14.9. The number of nitrogens with one attached hydrogen (secondary N) is 1. The van der Waals surface area contributed by atoms with Gasteiger partial charge >= 0.3 is 0 Å². The van der Waals surface area contributed by atoms with Gasteiger partial charge in [-0.15, -0.1) is 0 Å². The maximum Gasteiger partial charge on any atom is 0.223 e. The maximum atomic E-state index is 12.5. The van der Waals surface area contributed by atoms with Gasteiger partial charge in [0.05, 0.1) is 6.10 Å². The predicted octanol–water partition coefficient (Wildman–Crippen LogP) is 3.77. The Balaban J connectivity index is 1.20. The first-order chi connectivity index (χ1) is 14.8. The van der Waals surface area contributed by atoms with Crippen molar-refractivity contribution in [2.45, 2.75) is 44.9 Å². The van der Waals surface area contributed by atoms with Crippen molar-refractivity contribution in [3.8, 4) is 5.75 Å². The van der Waals surface area contributed by atoms with Crippen LogP contribution >= 0.6 is 0 Å². The van der Waals surface area contributed by atoms with E-state index in [2.05, 4.69) is 40.5 Å². The van der Waals surface area contributed by atoms with Crippen LogP contribution in [-0.2, 0) is 22.7 Å². The Labute approximate surface area is 179 Å². The third kappa shape index (κ3) is 6.07. The summed E-state index contributed by atoms with van der Waals surface area (Å²) < 4.78 is 11.6. The van der Waals surface area contributed by atoms with E-state index in [0.29, 0.717) is 13.2 Å². The van der Waals surface area contributed by atoms with Gasteiger partial charge in [-0.05, 0) is 62.0 Å². The van der Waals surface area contributed by atoms with Crippen molar-refractivity contribution in [2.24, 2.45) is 5.92 Å². The summed E-state index contributed by atoms with van der Waals surface area (Å²) in [6, 6.07) is 18.6. The van der Waals surface area contributed by atoms with E-state index in [-0.39, 0.29) is 17.9 Å². The van der Waals surface area contributed by atoms with Gasteiger partial charge in [0, 0.05) is 25.6 Å². The number of rotatable bonds is 8. The third-order valence-electron chi connectivity index (χ3n) is 6.04. The van der Waals surface area contributed by atoms with E-state index in [0.717, 1.165) is 57.7 Å². The quantitative estimate of drug-likeness (QED) is 0.722. The van der Waals surface area contributed by atoms with Gasteiger partial charge in [0.2, 0.25) is 5.91 Å². The van der Waals surface area contributed by atoms with Crippen LogP contribution in [0.2, 0.25) is 0 Å². The molecule has 0 aromatic heterocycles. The first kappa shape index (κ1) is 20.9. The first-order valence-corrected chi connectivity index (χ1v) is 11.1. The van der Waals surface area contributed by atoms with Crippen molar-refractivity contribution >= 4 is 5.91 Å². The minimum Gasteiger partial charge on any atom is -0.489 e. The van der Waals surface area contributed by atoms with E-state index in [1.807, 2.05) is 24.3 Å². The van der Waals surface area contributed by atoms with Crippen molar-refractivity contribution < 1.29 is 14.3 Å². The molecule has 0 aliphatic carbocycles. The zero-order valence-corrected chi connectivity index (χ0v) is 17.6. The minimum absolute atomic E-state index is 0.128. The zero-order valence-electron chi connectivity index (χ0n) is 17.6. The monoisotopic (exact) mass is 408 g/mol. The van der Waals surface area contributed by atoms with Gasteiger partial charge in [-0.25, -0.2) is 0 Å². The molecule has 160 valence electrons. The molecule has 2 aliphatic heterocycles. The van der Waals surface area contributed by atoms with E-state index >= 15 is 0 Å². The van der Waals surface area contributed by atoms with Crippen molar-refractivity contribution in [1.29, 1.82) is 0 Å². The SMILES string of the molecule is O=C(NC[C@H]1CCCO1)C1CCN(Cc2cccc(OCc3ccccc3)c2)CC1. The molecule has 2 aromatic rings. The summed E-state index contributed by atoms with van der Waals surface area (Å²) in [5.41, 5.74) is 2.42. The summed E-state index contributed by atoms with van der Waals surface area (Å²) in [5.74, 6) is 1.23. The van der Waals surface area contributed by atoms with Gasteiger partial charge in [0.15, 0.2) is 0 Å². The Morgan fingerprint density at radius 1 is 1.03 bits per heavy atom. The average Bonchev–Trinajstić information content (AvgIpc) is 3.31. The van der Waals surface area contributed by atoms with Crippen molar-refractivity contribution in [1.82, 2.24) is 10.2 Å². The lowest BCUT2D eigenvalue weighted by atomic mass is 9.95.